The number of benzene rings is 1. The molecule has 1 fully saturated rings. The largest absolute Gasteiger partial charge is 0.395 e. The number of anilines is 1. The summed E-state index contributed by atoms with van der Waals surface area (Å²) >= 11 is 1.78. The second-order valence-electron chi connectivity index (χ2n) is 7.82. The molecule has 5 rings (SSSR count). The highest BCUT2D eigenvalue weighted by Crippen LogP contribution is 2.34. The highest BCUT2D eigenvalue weighted by Gasteiger charge is 2.19. The normalized spacial score (nSPS) is 15.0. The Balaban J connectivity index is 1.43. The molecule has 0 atom stereocenters. The zero-order valence-electron chi connectivity index (χ0n) is 17.5. The summed E-state index contributed by atoms with van der Waals surface area (Å²) in [4.78, 5) is 19.7. The molecule has 1 aliphatic rings. The Bertz CT molecular complexity index is 1170. The van der Waals surface area contributed by atoms with Crippen molar-refractivity contribution in [3.63, 3.8) is 0 Å². The van der Waals surface area contributed by atoms with Crippen molar-refractivity contribution in [3.8, 4) is 21.7 Å². The molecular formula is C24H25N5OS. The lowest BCUT2D eigenvalue weighted by atomic mass is 10.1. The van der Waals surface area contributed by atoms with E-state index in [1.807, 2.05) is 19.3 Å². The summed E-state index contributed by atoms with van der Waals surface area (Å²) in [5.41, 5.74) is 3.01. The number of β-amino-alcohol motifs (C(OH)–C–C–N with tert-alkyl or cyclic N) is 1. The second-order valence-corrected chi connectivity index (χ2v) is 8.91. The van der Waals surface area contributed by atoms with E-state index in [-0.39, 0.29) is 6.61 Å². The number of fused-ring (bicyclic) bond motifs is 1. The molecule has 0 amide bonds. The number of aryl methyl sites for hydroxylation is 1. The number of aliphatic hydroxyl groups excluding tert-OH is 1. The van der Waals surface area contributed by atoms with Crippen LogP contribution in [0.3, 0.4) is 0 Å². The number of pyridine rings is 1. The third kappa shape index (κ3) is 4.30. The Hall–Kier alpha value is -2.87. The first-order chi connectivity index (χ1) is 15.2. The maximum atomic E-state index is 9.17. The Morgan fingerprint density at radius 1 is 0.968 bits per heavy atom. The zero-order valence-corrected chi connectivity index (χ0v) is 18.3. The summed E-state index contributed by atoms with van der Waals surface area (Å²) in [5.74, 6) is 1.72. The van der Waals surface area contributed by atoms with Gasteiger partial charge in [0.2, 0.25) is 0 Å². The molecule has 4 heterocycles. The lowest BCUT2D eigenvalue weighted by molar-refractivity contribution is 0.188. The topological polar surface area (TPSA) is 65.4 Å². The lowest BCUT2D eigenvalue weighted by Crippen LogP contribution is -2.47. The molecule has 0 saturated carbocycles. The van der Waals surface area contributed by atoms with Crippen LogP contribution in [-0.2, 0) is 0 Å². The summed E-state index contributed by atoms with van der Waals surface area (Å²) in [6, 6.07) is 14.9. The van der Waals surface area contributed by atoms with E-state index in [1.54, 1.807) is 11.3 Å². The minimum Gasteiger partial charge on any atom is -0.395 e. The minimum absolute atomic E-state index is 0.208. The molecule has 1 N–H and O–H groups in total. The monoisotopic (exact) mass is 431 g/mol. The smallest absolute Gasteiger partial charge is 0.132 e. The van der Waals surface area contributed by atoms with Crippen LogP contribution in [0.5, 0.6) is 0 Å². The van der Waals surface area contributed by atoms with Crippen LogP contribution in [0.4, 0.5) is 5.82 Å². The van der Waals surface area contributed by atoms with E-state index >= 15 is 0 Å². The van der Waals surface area contributed by atoms with Gasteiger partial charge in [0.05, 0.1) is 12.3 Å². The highest BCUT2D eigenvalue weighted by atomic mass is 32.1. The molecular weight excluding hydrogens is 406 g/mol. The van der Waals surface area contributed by atoms with Crippen LogP contribution in [-0.4, -0.2) is 64.3 Å². The number of hydrogen-bond donors (Lipinski definition) is 1. The van der Waals surface area contributed by atoms with Gasteiger partial charge in [-0.15, -0.1) is 11.3 Å². The van der Waals surface area contributed by atoms with Gasteiger partial charge in [0.25, 0.3) is 0 Å². The third-order valence-electron chi connectivity index (χ3n) is 5.68. The van der Waals surface area contributed by atoms with Crippen LogP contribution in [0.2, 0.25) is 0 Å². The molecule has 158 valence electrons. The molecule has 1 aromatic carbocycles. The van der Waals surface area contributed by atoms with E-state index in [0.717, 1.165) is 61.2 Å². The van der Waals surface area contributed by atoms with Crippen molar-refractivity contribution < 1.29 is 5.11 Å². The molecule has 1 saturated heterocycles. The maximum absolute atomic E-state index is 9.17. The van der Waals surface area contributed by atoms with E-state index in [4.69, 9.17) is 15.1 Å². The van der Waals surface area contributed by atoms with Crippen LogP contribution < -0.4 is 4.90 Å². The number of nitrogens with zero attached hydrogens (tertiary/aromatic N) is 5. The standard InChI is InChI=1S/C24H25N5OS/c1-17-26-21(14-24(27-17)29-8-6-28(7-9-29)10-11-30)19-12-20(16-25-15-19)23-13-18-4-2-3-5-22(18)31-23/h2-5,12-16,30H,6-11H2,1H3. The third-order valence-corrected chi connectivity index (χ3v) is 6.85. The van der Waals surface area contributed by atoms with E-state index in [9.17, 15) is 0 Å². The summed E-state index contributed by atoms with van der Waals surface area (Å²) < 4.78 is 1.28. The second kappa shape index (κ2) is 8.70. The van der Waals surface area contributed by atoms with Gasteiger partial charge in [-0.25, -0.2) is 9.97 Å². The molecule has 3 aromatic heterocycles. The molecule has 4 aromatic rings. The Morgan fingerprint density at radius 2 is 1.77 bits per heavy atom. The molecule has 1 aliphatic heterocycles. The zero-order chi connectivity index (χ0) is 21.2. The minimum atomic E-state index is 0.208. The fourth-order valence-corrected chi connectivity index (χ4v) is 5.09. The number of aromatic nitrogens is 3. The molecule has 6 nitrogen and oxygen atoms in total. The predicted octanol–water partition coefficient (Wildman–Crippen LogP) is 3.84. The van der Waals surface area contributed by atoms with E-state index in [2.05, 4.69) is 57.2 Å². The van der Waals surface area contributed by atoms with E-state index in [0.29, 0.717) is 0 Å². The molecule has 0 radical (unpaired) electrons. The number of thiophene rings is 1. The quantitative estimate of drug-likeness (QED) is 0.518. The van der Waals surface area contributed by atoms with Crippen molar-refractivity contribution in [1.82, 2.24) is 19.9 Å². The van der Waals surface area contributed by atoms with Crippen molar-refractivity contribution >= 4 is 27.2 Å². The fraction of sp³-hybridized carbons (Fsp3) is 0.292. The summed E-state index contributed by atoms with van der Waals surface area (Å²) in [6.45, 7) is 6.55. The van der Waals surface area contributed by atoms with Crippen LogP contribution in [0.1, 0.15) is 5.82 Å². The first-order valence-corrected chi connectivity index (χ1v) is 11.4. The van der Waals surface area contributed by atoms with Crippen molar-refractivity contribution in [3.05, 3.63) is 60.7 Å². The average molecular weight is 432 g/mol. The summed E-state index contributed by atoms with van der Waals surface area (Å²) in [7, 11) is 0. The highest BCUT2D eigenvalue weighted by molar-refractivity contribution is 7.22. The van der Waals surface area contributed by atoms with Crippen LogP contribution in [0.15, 0.2) is 54.9 Å². The van der Waals surface area contributed by atoms with Gasteiger partial charge in [-0.2, -0.15) is 0 Å². The van der Waals surface area contributed by atoms with Crippen molar-refractivity contribution in [2.75, 3.05) is 44.2 Å². The van der Waals surface area contributed by atoms with Crippen molar-refractivity contribution in [2.24, 2.45) is 0 Å². The number of rotatable bonds is 5. The molecule has 0 bridgehead atoms. The Morgan fingerprint density at radius 3 is 2.58 bits per heavy atom. The summed E-state index contributed by atoms with van der Waals surface area (Å²) in [5, 5.41) is 10.4. The van der Waals surface area contributed by atoms with Gasteiger partial charge in [0, 0.05) is 71.9 Å². The van der Waals surface area contributed by atoms with Gasteiger partial charge >= 0.3 is 0 Å². The van der Waals surface area contributed by atoms with E-state index in [1.165, 1.54) is 15.0 Å². The van der Waals surface area contributed by atoms with Crippen LogP contribution in [0, 0.1) is 6.92 Å². The fourth-order valence-electron chi connectivity index (χ4n) is 4.04. The van der Waals surface area contributed by atoms with Gasteiger partial charge in [-0.1, -0.05) is 18.2 Å². The van der Waals surface area contributed by atoms with Gasteiger partial charge in [0.15, 0.2) is 0 Å². The number of piperazine rings is 1. The van der Waals surface area contributed by atoms with Crippen LogP contribution in [0.25, 0.3) is 31.8 Å². The van der Waals surface area contributed by atoms with Crippen molar-refractivity contribution in [1.29, 1.82) is 0 Å². The molecule has 0 unspecified atom stereocenters. The van der Waals surface area contributed by atoms with Gasteiger partial charge in [-0.05, 0) is 30.5 Å². The Labute approximate surface area is 185 Å². The number of aliphatic hydroxyl groups is 1. The van der Waals surface area contributed by atoms with Gasteiger partial charge in [0.1, 0.15) is 11.6 Å². The molecule has 0 spiro atoms. The van der Waals surface area contributed by atoms with Gasteiger partial charge in [-0.3, -0.25) is 9.88 Å². The first kappa shape index (κ1) is 20.1. The van der Waals surface area contributed by atoms with Crippen LogP contribution >= 0.6 is 11.3 Å². The molecule has 7 heteroatoms. The van der Waals surface area contributed by atoms with Gasteiger partial charge < -0.3 is 10.0 Å². The van der Waals surface area contributed by atoms with E-state index < -0.39 is 0 Å². The average Bonchev–Trinajstić information content (AvgIpc) is 3.24. The summed E-state index contributed by atoms with van der Waals surface area (Å²) in [6.07, 6.45) is 3.80. The van der Waals surface area contributed by atoms with Crippen molar-refractivity contribution in [2.45, 2.75) is 6.92 Å². The lowest BCUT2D eigenvalue weighted by Gasteiger charge is -2.35. The SMILES string of the molecule is Cc1nc(-c2cncc(-c3cc4ccccc4s3)c2)cc(N2CCN(CCO)CC2)n1. The predicted molar refractivity (Wildman–Crippen MR) is 127 cm³/mol. The molecule has 0 aliphatic carbocycles. The number of hydrogen-bond acceptors (Lipinski definition) is 7. The maximum Gasteiger partial charge on any atom is 0.132 e. The first-order valence-electron chi connectivity index (χ1n) is 10.6. The Kier molecular flexibility index (Phi) is 5.63. The molecule has 31 heavy (non-hydrogen) atoms.